The number of aromatic nitrogens is 1. The van der Waals surface area contributed by atoms with E-state index in [4.69, 9.17) is 5.21 Å². The number of amides is 1. The van der Waals surface area contributed by atoms with Crippen molar-refractivity contribution in [3.8, 4) is 0 Å². The lowest BCUT2D eigenvalue weighted by Crippen LogP contribution is -3.00. The summed E-state index contributed by atoms with van der Waals surface area (Å²) in [7, 11) is 1.79. The molecule has 0 aliphatic carbocycles. The number of carbonyl (C=O) groups is 1. The Balaban J connectivity index is 0.00000256. The van der Waals surface area contributed by atoms with Crippen molar-refractivity contribution in [2.45, 2.75) is 13.3 Å². The Morgan fingerprint density at radius 1 is 1.59 bits per heavy atom. The molecule has 0 aromatic carbocycles. The fourth-order valence-electron chi connectivity index (χ4n) is 1.29. The molecule has 1 heterocycles. The average Bonchev–Trinajstić information content (AvgIpc) is 2.29. The minimum Gasteiger partial charge on any atom is -1.00 e. The first-order valence-electron chi connectivity index (χ1n) is 5.14. The van der Waals surface area contributed by atoms with E-state index >= 15 is 0 Å². The number of hydrogen-bond acceptors (Lipinski definition) is 3. The number of oxime groups is 1. The van der Waals surface area contributed by atoms with Crippen molar-refractivity contribution in [3.63, 3.8) is 0 Å². The van der Waals surface area contributed by atoms with Crippen LogP contribution < -0.4 is 33.9 Å². The number of aryl methyl sites for hydroxylation is 1. The monoisotopic (exact) mass is 349 g/mol. The molecule has 0 aliphatic heterocycles. The van der Waals surface area contributed by atoms with Gasteiger partial charge in [-0.15, -0.1) is 0 Å². The highest BCUT2D eigenvalue weighted by Gasteiger charge is 2.11. The van der Waals surface area contributed by atoms with Crippen LogP contribution in [0.25, 0.3) is 0 Å². The molecule has 0 fully saturated rings. The van der Waals surface area contributed by atoms with E-state index in [2.05, 4.69) is 10.5 Å². The van der Waals surface area contributed by atoms with E-state index in [0.717, 1.165) is 12.1 Å². The molecular weight excluding hydrogens is 333 g/mol. The molecule has 17 heavy (non-hydrogen) atoms. The maximum Gasteiger partial charge on any atom is 0.257 e. The molecule has 0 unspecified atom stereocenters. The molecular formula is C11H16IN3O2. The van der Waals surface area contributed by atoms with Crippen LogP contribution in [0.3, 0.4) is 0 Å². The number of carbonyl (C=O) groups excluding carboxylic acids is 1. The van der Waals surface area contributed by atoms with Gasteiger partial charge in [-0.25, -0.2) is 0 Å². The van der Waals surface area contributed by atoms with Crippen molar-refractivity contribution in [3.05, 3.63) is 29.6 Å². The van der Waals surface area contributed by atoms with E-state index in [1.165, 1.54) is 6.21 Å². The highest BCUT2D eigenvalue weighted by molar-refractivity contribution is 5.93. The molecule has 0 saturated heterocycles. The second-order valence-corrected chi connectivity index (χ2v) is 3.45. The Kier molecular flexibility index (Phi) is 7.44. The summed E-state index contributed by atoms with van der Waals surface area (Å²) in [6.07, 6.45) is 3.92. The van der Waals surface area contributed by atoms with E-state index in [9.17, 15) is 4.79 Å². The predicted octanol–water partition coefficient (Wildman–Crippen LogP) is -2.54. The Hall–Kier alpha value is -1.18. The molecule has 2 N–H and O–H groups in total. The summed E-state index contributed by atoms with van der Waals surface area (Å²) >= 11 is 0. The van der Waals surface area contributed by atoms with Gasteiger partial charge < -0.3 is 34.5 Å². The topological polar surface area (TPSA) is 65.6 Å². The van der Waals surface area contributed by atoms with E-state index in [1.54, 1.807) is 29.9 Å². The van der Waals surface area contributed by atoms with Crippen molar-refractivity contribution >= 4 is 12.1 Å². The van der Waals surface area contributed by atoms with Crippen LogP contribution in [0.2, 0.25) is 0 Å². The predicted molar refractivity (Wildman–Crippen MR) is 59.6 cm³/mol. The van der Waals surface area contributed by atoms with Crippen molar-refractivity contribution in [2.75, 3.05) is 6.54 Å². The number of nitrogens with zero attached hydrogens (tertiary/aromatic N) is 2. The van der Waals surface area contributed by atoms with Crippen molar-refractivity contribution in [1.82, 2.24) is 5.32 Å². The highest BCUT2D eigenvalue weighted by atomic mass is 127. The second-order valence-electron chi connectivity index (χ2n) is 3.45. The Morgan fingerprint density at radius 3 is 2.82 bits per heavy atom. The van der Waals surface area contributed by atoms with E-state index in [0.29, 0.717) is 12.1 Å². The molecule has 0 bridgehead atoms. The molecule has 6 heteroatoms. The van der Waals surface area contributed by atoms with Crippen LogP contribution in [0.4, 0.5) is 0 Å². The molecule has 1 aromatic rings. The van der Waals surface area contributed by atoms with Crippen LogP contribution in [-0.4, -0.2) is 23.9 Å². The summed E-state index contributed by atoms with van der Waals surface area (Å²) in [5.74, 6) is -0.0927. The van der Waals surface area contributed by atoms with Crippen LogP contribution in [0.15, 0.2) is 23.5 Å². The fourth-order valence-corrected chi connectivity index (χ4v) is 1.29. The highest BCUT2D eigenvalue weighted by Crippen LogP contribution is 1.97. The van der Waals surface area contributed by atoms with Gasteiger partial charge in [0.2, 0.25) is 5.69 Å². The lowest BCUT2D eigenvalue weighted by atomic mass is 10.2. The van der Waals surface area contributed by atoms with Crippen molar-refractivity contribution < 1.29 is 38.5 Å². The van der Waals surface area contributed by atoms with Crippen LogP contribution in [0, 0.1) is 0 Å². The number of pyridine rings is 1. The molecule has 94 valence electrons. The second kappa shape index (κ2) is 7.99. The molecule has 5 nitrogen and oxygen atoms in total. The third-order valence-corrected chi connectivity index (χ3v) is 2.16. The molecule has 0 atom stereocenters. The van der Waals surface area contributed by atoms with Crippen molar-refractivity contribution in [2.24, 2.45) is 12.2 Å². The molecule has 0 spiro atoms. The number of nitrogens with one attached hydrogen (secondary N) is 1. The van der Waals surface area contributed by atoms with E-state index in [1.807, 2.05) is 6.92 Å². The van der Waals surface area contributed by atoms with Gasteiger partial charge in [-0.2, -0.15) is 4.57 Å². The van der Waals surface area contributed by atoms with E-state index in [-0.39, 0.29) is 29.9 Å². The standard InChI is InChI=1S/C11H15N3O2.HI/c1-3-6-12-11(15)9-4-5-10(7-13-16)14(2)8-9;/h4-5,7-8H,3,6H2,1-2H3,(H,12,15);1H. The van der Waals surface area contributed by atoms with Crippen LogP contribution in [0.5, 0.6) is 0 Å². The molecule has 0 saturated carbocycles. The zero-order chi connectivity index (χ0) is 12.0. The summed E-state index contributed by atoms with van der Waals surface area (Å²) in [5, 5.41) is 14.2. The SMILES string of the molecule is CCCNC(=O)c1ccc(/C=N/O)[n+](C)c1.[I-]. The van der Waals surface area contributed by atoms with Gasteiger partial charge in [-0.1, -0.05) is 12.1 Å². The summed E-state index contributed by atoms with van der Waals surface area (Å²) in [6.45, 7) is 2.67. The molecule has 1 aromatic heterocycles. The van der Waals surface area contributed by atoms with Crippen LogP contribution in [0.1, 0.15) is 29.4 Å². The quantitative estimate of drug-likeness (QED) is 0.207. The Labute approximate surface area is 118 Å². The van der Waals surface area contributed by atoms with Gasteiger partial charge in [0.05, 0.1) is 0 Å². The van der Waals surface area contributed by atoms with Gasteiger partial charge in [0, 0.05) is 12.6 Å². The maximum atomic E-state index is 11.6. The van der Waals surface area contributed by atoms with Gasteiger partial charge in [0.1, 0.15) is 18.8 Å². The first-order valence-corrected chi connectivity index (χ1v) is 5.14. The smallest absolute Gasteiger partial charge is 0.257 e. The largest absolute Gasteiger partial charge is 1.00 e. The third kappa shape index (κ3) is 4.68. The average molecular weight is 349 g/mol. The number of rotatable bonds is 4. The first-order chi connectivity index (χ1) is 7.69. The summed E-state index contributed by atoms with van der Waals surface area (Å²) in [6, 6.07) is 3.42. The molecule has 1 amide bonds. The van der Waals surface area contributed by atoms with Crippen LogP contribution >= 0.6 is 0 Å². The lowest BCUT2D eigenvalue weighted by molar-refractivity contribution is -0.672. The minimum atomic E-state index is -0.0927. The fraction of sp³-hybridized carbons (Fsp3) is 0.364. The Morgan fingerprint density at radius 2 is 2.29 bits per heavy atom. The van der Waals surface area contributed by atoms with Gasteiger partial charge >= 0.3 is 0 Å². The molecule has 1 rings (SSSR count). The summed E-state index contributed by atoms with van der Waals surface area (Å²) in [5.41, 5.74) is 1.31. The van der Waals surface area contributed by atoms with Gasteiger partial charge in [0.15, 0.2) is 6.20 Å². The number of hydrogen-bond donors (Lipinski definition) is 2. The summed E-state index contributed by atoms with van der Waals surface area (Å²) in [4.78, 5) is 11.6. The zero-order valence-corrected chi connectivity index (χ0v) is 12.0. The van der Waals surface area contributed by atoms with E-state index < -0.39 is 0 Å². The number of halogens is 1. The first kappa shape index (κ1) is 15.8. The Bertz CT molecular complexity index is 408. The van der Waals surface area contributed by atoms with Crippen LogP contribution in [-0.2, 0) is 7.05 Å². The third-order valence-electron chi connectivity index (χ3n) is 2.16. The van der Waals surface area contributed by atoms with Crippen molar-refractivity contribution in [1.29, 1.82) is 0 Å². The summed E-state index contributed by atoms with van der Waals surface area (Å²) < 4.78 is 1.72. The molecule has 0 radical (unpaired) electrons. The molecule has 0 aliphatic rings. The lowest BCUT2D eigenvalue weighted by Gasteiger charge is -2.02. The van der Waals surface area contributed by atoms with Gasteiger partial charge in [-0.3, -0.25) is 4.79 Å². The minimum absolute atomic E-state index is 0. The normalized spacial score (nSPS) is 10.0. The van der Waals surface area contributed by atoms with Gasteiger partial charge in [0.25, 0.3) is 5.91 Å². The van der Waals surface area contributed by atoms with Gasteiger partial charge in [-0.05, 0) is 12.5 Å². The maximum absolute atomic E-state index is 11.6. The zero-order valence-electron chi connectivity index (χ0n) is 9.85.